The topological polar surface area (TPSA) is 77.9 Å². The molecule has 23 heavy (non-hydrogen) atoms. The Morgan fingerprint density at radius 3 is 2.74 bits per heavy atom. The number of hydrogen-bond donors (Lipinski definition) is 1. The predicted molar refractivity (Wildman–Crippen MR) is 84.1 cm³/mol. The van der Waals surface area contributed by atoms with Gasteiger partial charge in [0, 0.05) is 18.7 Å². The van der Waals surface area contributed by atoms with Crippen molar-refractivity contribution >= 4 is 23.5 Å². The van der Waals surface area contributed by atoms with Crippen molar-refractivity contribution in [1.29, 1.82) is 0 Å². The number of anilines is 1. The van der Waals surface area contributed by atoms with Crippen LogP contribution in [0.2, 0.25) is 0 Å². The number of likely N-dealkylation sites (tertiary alicyclic amines) is 1. The van der Waals surface area contributed by atoms with E-state index in [-0.39, 0.29) is 18.4 Å². The first-order chi connectivity index (χ1) is 10.9. The molecule has 1 aromatic rings. The molecule has 0 aliphatic carbocycles. The van der Waals surface area contributed by atoms with Gasteiger partial charge in [-0.25, -0.2) is 4.79 Å². The van der Waals surface area contributed by atoms with Gasteiger partial charge in [-0.3, -0.25) is 9.59 Å². The molecule has 1 N–H and O–H groups in total. The molecule has 1 aromatic carbocycles. The summed E-state index contributed by atoms with van der Waals surface area (Å²) in [5.74, 6) is -1.39. The molecule has 0 bridgehead atoms. The molecule has 0 aromatic heterocycles. The van der Waals surface area contributed by atoms with Gasteiger partial charge in [0.2, 0.25) is 11.8 Å². The molecule has 2 heterocycles. The zero-order chi connectivity index (χ0) is 16.6. The molecule has 1 unspecified atom stereocenters. The van der Waals surface area contributed by atoms with Crippen molar-refractivity contribution in [2.24, 2.45) is 0 Å². The molecule has 2 aliphatic rings. The Balaban J connectivity index is 1.83. The van der Waals surface area contributed by atoms with Crippen molar-refractivity contribution in [2.45, 2.75) is 38.1 Å². The number of carboxylic acid groups (broad SMARTS) is 1. The Hall–Kier alpha value is -2.37. The summed E-state index contributed by atoms with van der Waals surface area (Å²) in [5.41, 5.74) is 0.630. The van der Waals surface area contributed by atoms with Crippen LogP contribution in [0, 0.1) is 0 Å². The van der Waals surface area contributed by atoms with E-state index in [1.807, 2.05) is 24.3 Å². The fourth-order valence-electron chi connectivity index (χ4n) is 3.48. The van der Waals surface area contributed by atoms with Crippen LogP contribution in [-0.4, -0.2) is 46.4 Å². The minimum absolute atomic E-state index is 0.0896. The van der Waals surface area contributed by atoms with Gasteiger partial charge in [-0.05, 0) is 37.8 Å². The average molecular weight is 316 g/mol. The highest BCUT2D eigenvalue weighted by Gasteiger charge is 2.46. The zero-order valence-electron chi connectivity index (χ0n) is 13.1. The van der Waals surface area contributed by atoms with Crippen molar-refractivity contribution in [3.8, 4) is 0 Å². The van der Waals surface area contributed by atoms with Crippen LogP contribution >= 0.6 is 0 Å². The van der Waals surface area contributed by atoms with Crippen molar-refractivity contribution in [3.05, 3.63) is 29.8 Å². The van der Waals surface area contributed by atoms with Crippen molar-refractivity contribution in [1.82, 2.24) is 4.90 Å². The number of aliphatic carboxylic acids is 1. The van der Waals surface area contributed by atoms with Gasteiger partial charge in [0.05, 0.1) is 0 Å². The molecule has 6 nitrogen and oxygen atoms in total. The van der Waals surface area contributed by atoms with E-state index < -0.39 is 11.5 Å². The second-order valence-electron chi connectivity index (χ2n) is 6.34. The van der Waals surface area contributed by atoms with Gasteiger partial charge in [-0.15, -0.1) is 0 Å². The monoisotopic (exact) mass is 316 g/mol. The predicted octanol–water partition coefficient (Wildman–Crippen LogP) is 1.43. The van der Waals surface area contributed by atoms with Crippen LogP contribution in [0.15, 0.2) is 24.3 Å². The van der Waals surface area contributed by atoms with Crippen LogP contribution in [0.5, 0.6) is 0 Å². The molecule has 0 saturated carbocycles. The molecule has 3 rings (SSSR count). The van der Waals surface area contributed by atoms with Gasteiger partial charge < -0.3 is 14.9 Å². The molecule has 1 saturated heterocycles. The first kappa shape index (κ1) is 15.5. The highest BCUT2D eigenvalue weighted by atomic mass is 16.4. The first-order valence-electron chi connectivity index (χ1n) is 7.85. The zero-order valence-corrected chi connectivity index (χ0v) is 13.1. The Kier molecular flexibility index (Phi) is 3.83. The molecule has 6 heteroatoms. The minimum atomic E-state index is -1.17. The summed E-state index contributed by atoms with van der Waals surface area (Å²) in [6.45, 7) is 1.90. The maximum atomic E-state index is 12.7. The standard InChI is InChI=1S/C17H20N2O4/c1-17(16(22)23)9-4-10-19(17)15(21)11-18-13-6-3-2-5-12(13)7-8-14(18)20/h2-3,5-6H,4,7-11H2,1H3,(H,22,23). The molecular weight excluding hydrogens is 296 g/mol. The van der Waals surface area contributed by atoms with Crippen LogP contribution in [0.25, 0.3) is 0 Å². The number of para-hydroxylation sites is 1. The van der Waals surface area contributed by atoms with Crippen molar-refractivity contribution in [3.63, 3.8) is 0 Å². The van der Waals surface area contributed by atoms with E-state index in [0.717, 1.165) is 11.3 Å². The molecule has 1 fully saturated rings. The number of hydrogen-bond acceptors (Lipinski definition) is 3. The number of carbonyl (C=O) groups is 3. The highest BCUT2D eigenvalue weighted by molar-refractivity contribution is 6.01. The maximum absolute atomic E-state index is 12.7. The molecule has 0 spiro atoms. The summed E-state index contributed by atoms with van der Waals surface area (Å²) in [6.07, 6.45) is 2.16. The molecule has 0 radical (unpaired) electrons. The van der Waals surface area contributed by atoms with Gasteiger partial charge in [0.1, 0.15) is 12.1 Å². The van der Waals surface area contributed by atoms with Crippen LogP contribution < -0.4 is 4.90 Å². The van der Waals surface area contributed by atoms with E-state index in [4.69, 9.17) is 0 Å². The summed E-state index contributed by atoms with van der Waals surface area (Å²) < 4.78 is 0. The van der Waals surface area contributed by atoms with Crippen molar-refractivity contribution in [2.75, 3.05) is 18.0 Å². The third-order valence-electron chi connectivity index (χ3n) is 4.89. The van der Waals surface area contributed by atoms with E-state index in [1.165, 1.54) is 9.80 Å². The number of fused-ring (bicyclic) bond motifs is 1. The lowest BCUT2D eigenvalue weighted by Crippen LogP contribution is -2.54. The molecule has 2 amide bonds. The first-order valence-corrected chi connectivity index (χ1v) is 7.85. The number of amides is 2. The molecule has 122 valence electrons. The fraction of sp³-hybridized carbons (Fsp3) is 0.471. The van der Waals surface area contributed by atoms with Gasteiger partial charge in [-0.1, -0.05) is 18.2 Å². The summed E-state index contributed by atoms with van der Waals surface area (Å²) in [4.78, 5) is 39.3. The summed E-state index contributed by atoms with van der Waals surface area (Å²) in [5, 5.41) is 9.43. The molecular formula is C17H20N2O4. The van der Waals surface area contributed by atoms with E-state index in [1.54, 1.807) is 6.92 Å². The van der Waals surface area contributed by atoms with Gasteiger partial charge in [-0.2, -0.15) is 0 Å². The number of aryl methyl sites for hydroxylation is 1. The second-order valence-corrected chi connectivity index (χ2v) is 6.34. The quantitative estimate of drug-likeness (QED) is 0.915. The fourth-order valence-corrected chi connectivity index (χ4v) is 3.48. The Morgan fingerprint density at radius 1 is 1.26 bits per heavy atom. The van der Waals surface area contributed by atoms with E-state index in [2.05, 4.69) is 0 Å². The number of benzene rings is 1. The van der Waals surface area contributed by atoms with Crippen LogP contribution in [0.3, 0.4) is 0 Å². The second kappa shape index (κ2) is 5.68. The summed E-state index contributed by atoms with van der Waals surface area (Å²) in [7, 11) is 0. The van der Waals surface area contributed by atoms with Crippen LogP contribution in [-0.2, 0) is 20.8 Å². The number of nitrogens with zero attached hydrogens (tertiary/aromatic N) is 2. The number of carboxylic acids is 1. The highest BCUT2D eigenvalue weighted by Crippen LogP contribution is 2.31. The van der Waals surface area contributed by atoms with Crippen LogP contribution in [0.4, 0.5) is 5.69 Å². The van der Waals surface area contributed by atoms with Gasteiger partial charge in [0.15, 0.2) is 0 Å². The normalized spacial score (nSPS) is 23.8. The largest absolute Gasteiger partial charge is 0.480 e. The average Bonchev–Trinajstić information content (AvgIpc) is 2.93. The number of rotatable bonds is 3. The minimum Gasteiger partial charge on any atom is -0.480 e. The Bertz CT molecular complexity index is 672. The Labute approximate surface area is 134 Å². The Morgan fingerprint density at radius 2 is 2.00 bits per heavy atom. The van der Waals surface area contributed by atoms with Gasteiger partial charge >= 0.3 is 5.97 Å². The lowest BCUT2D eigenvalue weighted by atomic mass is 9.98. The van der Waals surface area contributed by atoms with Gasteiger partial charge in [0.25, 0.3) is 0 Å². The molecule has 1 atom stereocenters. The number of carbonyl (C=O) groups excluding carboxylic acids is 2. The third-order valence-corrected chi connectivity index (χ3v) is 4.89. The lowest BCUT2D eigenvalue weighted by molar-refractivity contribution is -0.154. The van der Waals surface area contributed by atoms with E-state index in [0.29, 0.717) is 32.2 Å². The third kappa shape index (κ3) is 2.58. The van der Waals surface area contributed by atoms with E-state index in [9.17, 15) is 19.5 Å². The SMILES string of the molecule is CC1(C(=O)O)CCCN1C(=O)CN1C(=O)CCc2ccccc21. The van der Waals surface area contributed by atoms with Crippen LogP contribution in [0.1, 0.15) is 31.7 Å². The summed E-state index contributed by atoms with van der Waals surface area (Å²) >= 11 is 0. The molecule has 2 aliphatic heterocycles. The van der Waals surface area contributed by atoms with Crippen molar-refractivity contribution < 1.29 is 19.5 Å². The lowest BCUT2D eigenvalue weighted by Gasteiger charge is -2.35. The van der Waals surface area contributed by atoms with E-state index >= 15 is 0 Å². The maximum Gasteiger partial charge on any atom is 0.329 e. The smallest absolute Gasteiger partial charge is 0.329 e. The summed E-state index contributed by atoms with van der Waals surface area (Å²) in [6, 6.07) is 7.54.